The molecule has 4 heterocycles. The predicted molar refractivity (Wildman–Crippen MR) is 131 cm³/mol. The van der Waals surface area contributed by atoms with Crippen LogP contribution in [0.2, 0.25) is 19.1 Å². The zero-order valence-corrected chi connectivity index (χ0v) is 20.6. The fourth-order valence-corrected chi connectivity index (χ4v) is 8.80. The normalized spacial score (nSPS) is 18.7. The topological polar surface area (TPSA) is 105 Å². The highest BCUT2D eigenvalue weighted by Gasteiger charge is 2.45. The first kappa shape index (κ1) is 22.5. The molecule has 0 saturated carbocycles. The summed E-state index contributed by atoms with van der Waals surface area (Å²) in [5.74, 6) is -0.719. The Labute approximate surface area is 198 Å². The number of esters is 1. The number of ether oxygens (including phenoxy) is 1. The minimum atomic E-state index is -2.01. The molecule has 0 saturated heterocycles. The Morgan fingerprint density at radius 1 is 1.26 bits per heavy atom. The van der Waals surface area contributed by atoms with Crippen molar-refractivity contribution >= 4 is 30.1 Å². The summed E-state index contributed by atoms with van der Waals surface area (Å²) in [6.45, 7) is 6.59. The van der Waals surface area contributed by atoms with Crippen LogP contribution in [0.3, 0.4) is 0 Å². The van der Waals surface area contributed by atoms with Gasteiger partial charge in [-0.25, -0.2) is 9.78 Å². The van der Waals surface area contributed by atoms with Gasteiger partial charge in [0.2, 0.25) is 0 Å². The minimum absolute atomic E-state index is 0.115. The van der Waals surface area contributed by atoms with Gasteiger partial charge in [0.05, 0.1) is 43.2 Å². The second kappa shape index (κ2) is 7.89. The summed E-state index contributed by atoms with van der Waals surface area (Å²) in [4.78, 5) is 31.0. The van der Waals surface area contributed by atoms with Gasteiger partial charge < -0.3 is 14.4 Å². The Morgan fingerprint density at radius 2 is 2.03 bits per heavy atom. The number of aliphatic hydroxyl groups is 1. The van der Waals surface area contributed by atoms with E-state index in [0.717, 1.165) is 34.6 Å². The maximum absolute atomic E-state index is 13.6. The van der Waals surface area contributed by atoms with Gasteiger partial charge >= 0.3 is 5.97 Å². The number of unbranched alkanes of at least 4 members (excludes halogenated alkanes) is 1. The molecule has 0 amide bonds. The van der Waals surface area contributed by atoms with Gasteiger partial charge in [0.25, 0.3) is 5.56 Å². The maximum atomic E-state index is 13.6. The third-order valence-corrected chi connectivity index (χ3v) is 10.9. The van der Waals surface area contributed by atoms with E-state index in [1.54, 1.807) is 17.6 Å². The molecule has 3 aromatic rings. The first-order valence-corrected chi connectivity index (χ1v) is 14.9. The highest BCUT2D eigenvalue weighted by atomic mass is 28.3. The average Bonchev–Trinajstić information content (AvgIpc) is 3.18. The molecule has 1 atom stereocenters. The van der Waals surface area contributed by atoms with Gasteiger partial charge in [-0.2, -0.15) is 5.26 Å². The Balaban J connectivity index is 1.78. The zero-order chi connectivity index (χ0) is 24.3. The van der Waals surface area contributed by atoms with Crippen LogP contribution in [0.4, 0.5) is 0 Å². The number of fused-ring (bicyclic) bond motifs is 5. The number of nitrogens with zero attached hydrogens (tertiary/aromatic N) is 3. The number of cyclic esters (lactones) is 1. The average molecular weight is 474 g/mol. The third-order valence-electron chi connectivity index (χ3n) is 7.36. The Morgan fingerprint density at radius 3 is 2.76 bits per heavy atom. The number of pyridine rings is 2. The number of hydrogen-bond donors (Lipinski definition) is 1. The molecule has 0 bridgehead atoms. The Bertz CT molecular complexity index is 1450. The predicted octanol–water partition coefficient (Wildman–Crippen LogP) is 3.30. The van der Waals surface area contributed by atoms with Crippen molar-refractivity contribution in [3.05, 3.63) is 57.4 Å². The summed E-state index contributed by atoms with van der Waals surface area (Å²) >= 11 is 0. The SMILES string of the molecule is CC[C@]1(O)C(=O)OCc2c1cc1n(c2=O)Cc2c-1nc1ccccc1c2[Si](C)(C)CCCC#N. The molecule has 0 unspecified atom stereocenters. The molecule has 34 heavy (non-hydrogen) atoms. The van der Waals surface area contributed by atoms with Gasteiger partial charge in [0.1, 0.15) is 6.61 Å². The smallest absolute Gasteiger partial charge is 0.343 e. The van der Waals surface area contributed by atoms with Crippen molar-refractivity contribution in [3.8, 4) is 17.5 Å². The van der Waals surface area contributed by atoms with E-state index < -0.39 is 19.6 Å². The quantitative estimate of drug-likeness (QED) is 0.271. The number of hydrogen-bond acceptors (Lipinski definition) is 6. The summed E-state index contributed by atoms with van der Waals surface area (Å²) < 4.78 is 6.89. The molecule has 2 aliphatic heterocycles. The molecule has 1 N–H and O–H groups in total. The fraction of sp³-hybridized carbons (Fsp3) is 0.385. The van der Waals surface area contributed by atoms with E-state index in [-0.39, 0.29) is 18.6 Å². The molecule has 0 spiro atoms. The highest BCUT2D eigenvalue weighted by molar-refractivity contribution is 6.91. The van der Waals surface area contributed by atoms with Crippen LogP contribution in [0.1, 0.15) is 42.9 Å². The summed E-state index contributed by atoms with van der Waals surface area (Å²) in [6.07, 6.45) is 1.48. The molecular weight excluding hydrogens is 446 g/mol. The van der Waals surface area contributed by atoms with Crippen molar-refractivity contribution in [2.75, 3.05) is 0 Å². The first-order valence-electron chi connectivity index (χ1n) is 11.7. The van der Waals surface area contributed by atoms with Crippen LogP contribution in [-0.2, 0) is 28.3 Å². The van der Waals surface area contributed by atoms with Crippen LogP contribution in [0.5, 0.6) is 0 Å². The number of aromatic nitrogens is 2. The van der Waals surface area contributed by atoms with E-state index in [0.29, 0.717) is 29.8 Å². The van der Waals surface area contributed by atoms with E-state index in [9.17, 15) is 14.7 Å². The van der Waals surface area contributed by atoms with Gasteiger partial charge in [-0.15, -0.1) is 0 Å². The summed E-state index contributed by atoms with van der Waals surface area (Å²) in [5.41, 5.74) is 1.86. The van der Waals surface area contributed by atoms with Crippen LogP contribution in [0.25, 0.3) is 22.3 Å². The molecule has 0 fully saturated rings. The van der Waals surface area contributed by atoms with Crippen LogP contribution in [0.15, 0.2) is 35.1 Å². The fourth-order valence-electron chi connectivity index (χ4n) is 5.54. The van der Waals surface area contributed by atoms with Gasteiger partial charge in [-0.05, 0) is 41.1 Å². The maximum Gasteiger partial charge on any atom is 0.343 e. The van der Waals surface area contributed by atoms with Gasteiger partial charge in [-0.1, -0.05) is 44.3 Å². The lowest BCUT2D eigenvalue weighted by molar-refractivity contribution is -0.172. The molecular formula is C26H27N3O4Si. The monoisotopic (exact) mass is 473 g/mol. The second-order valence-corrected chi connectivity index (χ2v) is 14.6. The van der Waals surface area contributed by atoms with E-state index in [4.69, 9.17) is 15.0 Å². The van der Waals surface area contributed by atoms with Crippen LogP contribution < -0.4 is 10.7 Å². The number of carbonyl (C=O) groups is 1. The van der Waals surface area contributed by atoms with Crippen molar-refractivity contribution in [2.45, 2.75) is 64.1 Å². The van der Waals surface area contributed by atoms with Crippen LogP contribution in [-0.4, -0.2) is 28.7 Å². The van der Waals surface area contributed by atoms with Crippen molar-refractivity contribution in [1.29, 1.82) is 5.26 Å². The largest absolute Gasteiger partial charge is 0.458 e. The van der Waals surface area contributed by atoms with Gasteiger partial charge in [0.15, 0.2) is 5.60 Å². The lowest BCUT2D eigenvalue weighted by atomic mass is 9.86. The summed E-state index contributed by atoms with van der Waals surface area (Å²) in [5, 5.41) is 22.5. The molecule has 0 radical (unpaired) electrons. The minimum Gasteiger partial charge on any atom is -0.458 e. The lowest BCUT2D eigenvalue weighted by Gasteiger charge is -2.31. The second-order valence-electron chi connectivity index (χ2n) is 9.83. The molecule has 8 heteroatoms. The highest BCUT2D eigenvalue weighted by Crippen LogP contribution is 2.39. The number of benzene rings is 1. The van der Waals surface area contributed by atoms with E-state index in [1.807, 2.05) is 18.2 Å². The molecule has 7 nitrogen and oxygen atoms in total. The van der Waals surface area contributed by atoms with E-state index >= 15 is 0 Å². The van der Waals surface area contributed by atoms with Crippen molar-refractivity contribution in [1.82, 2.24) is 9.55 Å². The number of nitriles is 1. The molecule has 5 rings (SSSR count). The van der Waals surface area contributed by atoms with E-state index in [1.165, 1.54) is 5.19 Å². The molecule has 174 valence electrons. The third kappa shape index (κ3) is 3.15. The number of para-hydroxylation sites is 1. The van der Waals surface area contributed by atoms with Crippen molar-refractivity contribution < 1.29 is 14.6 Å². The molecule has 2 aliphatic rings. The molecule has 1 aromatic carbocycles. The Kier molecular flexibility index (Phi) is 5.23. The van der Waals surface area contributed by atoms with E-state index in [2.05, 4.69) is 25.2 Å². The number of carbonyl (C=O) groups excluding carboxylic acids is 1. The van der Waals surface area contributed by atoms with Crippen LogP contribution in [0, 0.1) is 11.3 Å². The van der Waals surface area contributed by atoms with Crippen molar-refractivity contribution in [3.63, 3.8) is 0 Å². The van der Waals surface area contributed by atoms with Crippen LogP contribution >= 0.6 is 0 Å². The zero-order valence-electron chi connectivity index (χ0n) is 19.6. The molecule has 0 aliphatic carbocycles. The van der Waals surface area contributed by atoms with Crippen molar-refractivity contribution in [2.24, 2.45) is 0 Å². The van der Waals surface area contributed by atoms with Gasteiger partial charge in [-0.3, -0.25) is 4.79 Å². The number of rotatable bonds is 5. The summed E-state index contributed by atoms with van der Waals surface area (Å²) in [7, 11) is -2.01. The standard InChI is InChI=1S/C26H27N3O4Si/c1-4-26(32)19-13-21-22-17(14-29(21)24(30)18(19)15-33-25(26)31)23(34(2,3)12-8-7-11-27)16-9-5-6-10-20(16)28-22/h5-6,9-10,13,32H,4,7-8,12,14-15H2,1-3H3/t26-/m1/s1. The molecule has 2 aromatic heterocycles. The Hall–Kier alpha value is -3.28. The first-order chi connectivity index (χ1) is 16.2. The van der Waals surface area contributed by atoms with Gasteiger partial charge in [0, 0.05) is 12.0 Å². The summed E-state index contributed by atoms with van der Waals surface area (Å²) in [6, 6.07) is 13.0. The lowest BCUT2D eigenvalue weighted by Crippen LogP contribution is -2.45.